The zero-order valence-electron chi connectivity index (χ0n) is 17.8. The molecule has 0 radical (unpaired) electrons. The average Bonchev–Trinajstić information content (AvgIpc) is 3.32. The summed E-state index contributed by atoms with van der Waals surface area (Å²) in [6, 6.07) is 9.11. The summed E-state index contributed by atoms with van der Waals surface area (Å²) in [7, 11) is 0. The van der Waals surface area contributed by atoms with E-state index in [2.05, 4.69) is 34.5 Å². The molecule has 1 aromatic carbocycles. The second-order valence-electron chi connectivity index (χ2n) is 9.20. The van der Waals surface area contributed by atoms with Gasteiger partial charge in [0.05, 0.1) is 6.04 Å². The van der Waals surface area contributed by atoms with Crippen LogP contribution < -0.4 is 5.32 Å². The van der Waals surface area contributed by atoms with Crippen molar-refractivity contribution in [2.24, 2.45) is 5.92 Å². The molecule has 1 saturated carbocycles. The minimum absolute atomic E-state index is 0.0838. The lowest BCUT2D eigenvalue weighted by Gasteiger charge is -2.41. The van der Waals surface area contributed by atoms with E-state index in [9.17, 15) is 4.79 Å². The van der Waals surface area contributed by atoms with Crippen molar-refractivity contribution in [1.82, 2.24) is 15.1 Å². The molecule has 4 heteroatoms. The van der Waals surface area contributed by atoms with Gasteiger partial charge >= 0.3 is 6.03 Å². The Labute approximate surface area is 170 Å². The number of nitrogens with one attached hydrogen (secondary N) is 1. The summed E-state index contributed by atoms with van der Waals surface area (Å²) < 4.78 is 0. The second kappa shape index (κ2) is 8.44. The Bertz CT molecular complexity index is 670. The topological polar surface area (TPSA) is 35.6 Å². The third-order valence-electron chi connectivity index (χ3n) is 7.66. The minimum atomic E-state index is 0.0838. The molecule has 2 aliphatic carbocycles. The molecule has 3 aliphatic rings. The molecule has 4 nitrogen and oxygen atoms in total. The SMILES string of the molecule is CCN(CC)C(=O)N[C@H]1CC2(CCN(CC3CCCC3)CC2)c2ccccc21. The number of nitrogens with zero attached hydrogens (tertiary/aromatic N) is 2. The first-order valence-electron chi connectivity index (χ1n) is 11.5. The predicted molar refractivity (Wildman–Crippen MR) is 115 cm³/mol. The van der Waals surface area contributed by atoms with E-state index in [-0.39, 0.29) is 17.5 Å². The molecule has 1 aromatic rings. The molecule has 1 atom stereocenters. The van der Waals surface area contributed by atoms with E-state index in [1.165, 1.54) is 69.3 Å². The van der Waals surface area contributed by atoms with Crippen molar-refractivity contribution in [3.63, 3.8) is 0 Å². The van der Waals surface area contributed by atoms with Crippen LogP contribution in [0.25, 0.3) is 0 Å². The van der Waals surface area contributed by atoms with E-state index < -0.39 is 0 Å². The monoisotopic (exact) mass is 383 g/mol. The van der Waals surface area contributed by atoms with Gasteiger partial charge in [-0.05, 0) is 76.1 Å². The number of amides is 2. The first-order valence-corrected chi connectivity index (χ1v) is 11.5. The van der Waals surface area contributed by atoms with E-state index in [4.69, 9.17) is 0 Å². The number of fused-ring (bicyclic) bond motifs is 2. The average molecular weight is 384 g/mol. The van der Waals surface area contributed by atoms with Crippen LogP contribution in [0.2, 0.25) is 0 Å². The van der Waals surface area contributed by atoms with Gasteiger partial charge in [0, 0.05) is 25.0 Å². The summed E-state index contributed by atoms with van der Waals surface area (Å²) in [6.45, 7) is 9.35. The highest BCUT2D eigenvalue weighted by Crippen LogP contribution is 2.50. The first kappa shape index (κ1) is 19.8. The number of hydrogen-bond acceptors (Lipinski definition) is 2. The van der Waals surface area contributed by atoms with Crippen LogP contribution in [0.3, 0.4) is 0 Å². The molecule has 1 heterocycles. The van der Waals surface area contributed by atoms with Gasteiger partial charge in [-0.25, -0.2) is 4.79 Å². The number of benzene rings is 1. The van der Waals surface area contributed by atoms with Gasteiger partial charge in [-0.15, -0.1) is 0 Å². The molecule has 4 rings (SSSR count). The molecule has 0 aromatic heterocycles. The van der Waals surface area contributed by atoms with Crippen molar-refractivity contribution < 1.29 is 4.79 Å². The van der Waals surface area contributed by atoms with Crippen molar-refractivity contribution in [1.29, 1.82) is 0 Å². The van der Waals surface area contributed by atoms with Gasteiger partial charge in [0.1, 0.15) is 0 Å². The molecule has 1 spiro atoms. The summed E-state index contributed by atoms with van der Waals surface area (Å²) in [5.41, 5.74) is 3.11. The summed E-state index contributed by atoms with van der Waals surface area (Å²) in [4.78, 5) is 17.3. The molecule has 1 saturated heterocycles. The Morgan fingerprint density at radius 2 is 1.82 bits per heavy atom. The summed E-state index contributed by atoms with van der Waals surface area (Å²) in [5.74, 6) is 0.936. The van der Waals surface area contributed by atoms with E-state index in [1.54, 1.807) is 0 Å². The molecule has 1 aliphatic heterocycles. The van der Waals surface area contributed by atoms with Crippen LogP contribution in [-0.2, 0) is 5.41 Å². The number of hydrogen-bond donors (Lipinski definition) is 1. The van der Waals surface area contributed by atoms with Crippen molar-refractivity contribution in [3.8, 4) is 0 Å². The lowest BCUT2D eigenvalue weighted by Crippen LogP contribution is -2.44. The third-order valence-corrected chi connectivity index (χ3v) is 7.66. The lowest BCUT2D eigenvalue weighted by atomic mass is 9.73. The van der Waals surface area contributed by atoms with Gasteiger partial charge in [-0.1, -0.05) is 37.1 Å². The largest absolute Gasteiger partial charge is 0.331 e. The maximum absolute atomic E-state index is 12.7. The summed E-state index contributed by atoms with van der Waals surface area (Å²) in [6.07, 6.45) is 9.26. The maximum Gasteiger partial charge on any atom is 0.317 e. The number of urea groups is 1. The Morgan fingerprint density at radius 1 is 1.14 bits per heavy atom. The van der Waals surface area contributed by atoms with E-state index in [0.29, 0.717) is 0 Å². The molecule has 2 amide bonds. The van der Waals surface area contributed by atoms with Crippen LogP contribution in [0.4, 0.5) is 4.79 Å². The Hall–Kier alpha value is -1.55. The third kappa shape index (κ3) is 3.80. The molecular formula is C24H37N3O. The van der Waals surface area contributed by atoms with Gasteiger partial charge in [0.25, 0.3) is 0 Å². The smallest absolute Gasteiger partial charge is 0.317 e. The highest BCUT2D eigenvalue weighted by molar-refractivity contribution is 5.75. The maximum atomic E-state index is 12.7. The highest BCUT2D eigenvalue weighted by atomic mass is 16.2. The number of carbonyl (C=O) groups is 1. The van der Waals surface area contributed by atoms with E-state index in [1.807, 2.05) is 18.7 Å². The van der Waals surface area contributed by atoms with E-state index >= 15 is 0 Å². The summed E-state index contributed by atoms with van der Waals surface area (Å²) >= 11 is 0. The fraction of sp³-hybridized carbons (Fsp3) is 0.708. The lowest BCUT2D eigenvalue weighted by molar-refractivity contribution is 0.134. The fourth-order valence-corrected chi connectivity index (χ4v) is 5.97. The van der Waals surface area contributed by atoms with Crippen LogP contribution >= 0.6 is 0 Å². The molecule has 0 bridgehead atoms. The van der Waals surface area contributed by atoms with Gasteiger partial charge in [0.15, 0.2) is 0 Å². The van der Waals surface area contributed by atoms with Gasteiger partial charge in [0.2, 0.25) is 0 Å². The number of piperidine rings is 1. The van der Waals surface area contributed by atoms with Crippen molar-refractivity contribution >= 4 is 6.03 Å². The van der Waals surface area contributed by atoms with Crippen LogP contribution in [0.1, 0.15) is 76.0 Å². The van der Waals surface area contributed by atoms with Crippen LogP contribution in [0.5, 0.6) is 0 Å². The molecule has 2 fully saturated rings. The number of likely N-dealkylation sites (tertiary alicyclic amines) is 1. The zero-order chi connectivity index (χ0) is 19.6. The standard InChI is InChI=1S/C24H37N3O/c1-3-27(4-2)23(28)25-22-17-24(21-12-8-7-11-20(21)22)13-15-26(16-14-24)18-19-9-5-6-10-19/h7-8,11-12,19,22H,3-6,9-10,13-18H2,1-2H3,(H,25,28)/t22-/m0/s1. The van der Waals surface area contributed by atoms with Crippen molar-refractivity contribution in [2.45, 2.75) is 70.3 Å². The van der Waals surface area contributed by atoms with Gasteiger partial charge < -0.3 is 15.1 Å². The Kier molecular flexibility index (Phi) is 5.96. The Balaban J connectivity index is 1.45. The summed E-state index contributed by atoms with van der Waals surface area (Å²) in [5, 5.41) is 3.35. The molecule has 28 heavy (non-hydrogen) atoms. The normalized spacial score (nSPS) is 24.4. The van der Waals surface area contributed by atoms with Gasteiger partial charge in [-0.3, -0.25) is 0 Å². The molecule has 154 valence electrons. The molecule has 1 N–H and O–H groups in total. The van der Waals surface area contributed by atoms with Crippen LogP contribution in [-0.4, -0.2) is 48.6 Å². The Morgan fingerprint density at radius 3 is 2.50 bits per heavy atom. The van der Waals surface area contributed by atoms with Gasteiger partial charge in [-0.2, -0.15) is 0 Å². The molecule has 0 unspecified atom stereocenters. The van der Waals surface area contributed by atoms with Crippen molar-refractivity contribution in [3.05, 3.63) is 35.4 Å². The van der Waals surface area contributed by atoms with Crippen LogP contribution in [0, 0.1) is 5.92 Å². The number of rotatable bonds is 5. The van der Waals surface area contributed by atoms with Crippen LogP contribution in [0.15, 0.2) is 24.3 Å². The first-order chi connectivity index (χ1) is 13.6. The van der Waals surface area contributed by atoms with E-state index in [0.717, 1.165) is 25.4 Å². The fourth-order valence-electron chi connectivity index (χ4n) is 5.97. The zero-order valence-corrected chi connectivity index (χ0v) is 17.8. The highest BCUT2D eigenvalue weighted by Gasteiger charge is 2.46. The quantitative estimate of drug-likeness (QED) is 0.799. The molecular weight excluding hydrogens is 346 g/mol. The number of carbonyl (C=O) groups excluding carboxylic acids is 1. The predicted octanol–water partition coefficient (Wildman–Crippen LogP) is 4.71. The second-order valence-corrected chi connectivity index (χ2v) is 9.20. The minimum Gasteiger partial charge on any atom is -0.331 e. The van der Waals surface area contributed by atoms with Crippen molar-refractivity contribution in [2.75, 3.05) is 32.7 Å².